The molecule has 1 aliphatic heterocycles. The highest BCUT2D eigenvalue weighted by Crippen LogP contribution is 2.39. The summed E-state index contributed by atoms with van der Waals surface area (Å²) in [6.45, 7) is 6.60. The summed E-state index contributed by atoms with van der Waals surface area (Å²) in [5.74, 6) is -0.271. The molecule has 10 heteroatoms. The van der Waals surface area contributed by atoms with Gasteiger partial charge in [0.1, 0.15) is 0 Å². The molecule has 3 heterocycles. The Balaban J connectivity index is 1.35. The fraction of sp³-hybridized carbons (Fsp3) is 0.290. The molecule has 2 aromatic carbocycles. The van der Waals surface area contributed by atoms with E-state index in [2.05, 4.69) is 37.4 Å². The van der Waals surface area contributed by atoms with Gasteiger partial charge in [0, 0.05) is 35.4 Å². The fourth-order valence-electron chi connectivity index (χ4n) is 5.05. The number of aryl methyl sites for hydroxylation is 1. The second-order valence-corrected chi connectivity index (χ2v) is 10.1. The molecule has 1 aliphatic rings. The van der Waals surface area contributed by atoms with Crippen molar-refractivity contribution in [3.8, 4) is 11.3 Å². The number of rotatable bonds is 7. The summed E-state index contributed by atoms with van der Waals surface area (Å²) in [4.78, 5) is 28.4. The Bertz CT molecular complexity index is 1520. The van der Waals surface area contributed by atoms with E-state index in [1.54, 1.807) is 48.9 Å². The second kappa shape index (κ2) is 12.1. The third-order valence-corrected chi connectivity index (χ3v) is 7.46. The Morgan fingerprint density at radius 3 is 2.54 bits per heavy atom. The average Bonchev–Trinajstić information content (AvgIpc) is 2.98. The Morgan fingerprint density at radius 2 is 1.83 bits per heavy atom. The molecule has 0 saturated carbocycles. The van der Waals surface area contributed by atoms with Gasteiger partial charge in [0.05, 0.1) is 16.9 Å². The molecule has 7 nitrogen and oxygen atoms in total. The van der Waals surface area contributed by atoms with Crippen molar-refractivity contribution in [3.05, 3.63) is 95.4 Å². The van der Waals surface area contributed by atoms with E-state index >= 15 is 0 Å². The van der Waals surface area contributed by atoms with E-state index in [9.17, 15) is 18.0 Å². The van der Waals surface area contributed by atoms with Crippen molar-refractivity contribution in [1.82, 2.24) is 19.9 Å². The number of benzene rings is 2. The van der Waals surface area contributed by atoms with Crippen molar-refractivity contribution in [2.45, 2.75) is 38.8 Å². The van der Waals surface area contributed by atoms with Crippen LogP contribution >= 0.6 is 0 Å². The lowest BCUT2D eigenvalue weighted by Crippen LogP contribution is -2.32. The first-order valence-corrected chi connectivity index (χ1v) is 13.6. The van der Waals surface area contributed by atoms with Gasteiger partial charge in [0.15, 0.2) is 0 Å². The van der Waals surface area contributed by atoms with Crippen molar-refractivity contribution in [1.29, 1.82) is 0 Å². The first kappa shape index (κ1) is 28.2. The highest BCUT2D eigenvalue weighted by Gasteiger charge is 2.35. The minimum Gasteiger partial charge on any atom is -0.324 e. The first-order chi connectivity index (χ1) is 19.7. The standard InChI is InChI=1S/C31H31F3N6O/c1-3-40-15-11-21(12-16-40)22-8-9-27(25(17-22)31(32,33)34)37-29(41)23-7-6-20(2)28(18-23)39-30-36-14-10-26(38-30)24-5-4-13-35-19-24/h4-10,13-14,17-19,21H,3,11-12,15-16H2,1-2H3,(H,37,41)(H,36,38,39). The van der Waals surface area contributed by atoms with Crippen LogP contribution in [0.25, 0.3) is 11.3 Å². The minimum absolute atomic E-state index is 0.0632. The molecular formula is C31H31F3N6O. The third-order valence-electron chi connectivity index (χ3n) is 7.46. The monoisotopic (exact) mass is 560 g/mol. The summed E-state index contributed by atoms with van der Waals surface area (Å²) in [6.07, 6.45) is 1.99. The summed E-state index contributed by atoms with van der Waals surface area (Å²) in [5.41, 5.74) is 2.61. The van der Waals surface area contributed by atoms with Crippen LogP contribution in [0.15, 0.2) is 73.2 Å². The lowest BCUT2D eigenvalue weighted by atomic mass is 9.88. The van der Waals surface area contributed by atoms with Crippen LogP contribution in [0.4, 0.5) is 30.5 Å². The molecule has 41 heavy (non-hydrogen) atoms. The number of aromatic nitrogens is 3. The fourth-order valence-corrected chi connectivity index (χ4v) is 5.05. The van der Waals surface area contributed by atoms with Crippen LogP contribution in [-0.2, 0) is 6.18 Å². The first-order valence-electron chi connectivity index (χ1n) is 13.6. The molecule has 0 unspecified atom stereocenters. The zero-order valence-corrected chi connectivity index (χ0v) is 22.9. The SMILES string of the molecule is CCN1CCC(c2ccc(NC(=O)c3ccc(C)c(Nc4nccc(-c5cccnc5)n4)c3)c(C(F)(F)F)c2)CC1. The van der Waals surface area contributed by atoms with E-state index in [-0.39, 0.29) is 17.2 Å². The van der Waals surface area contributed by atoms with Gasteiger partial charge in [-0.1, -0.05) is 19.1 Å². The summed E-state index contributed by atoms with van der Waals surface area (Å²) < 4.78 is 42.3. The number of hydrogen-bond acceptors (Lipinski definition) is 6. The molecule has 0 radical (unpaired) electrons. The Kier molecular flexibility index (Phi) is 8.30. The second-order valence-electron chi connectivity index (χ2n) is 10.1. The Morgan fingerprint density at radius 1 is 1.02 bits per heavy atom. The van der Waals surface area contributed by atoms with E-state index < -0.39 is 17.6 Å². The number of amides is 1. The molecule has 1 saturated heterocycles. The predicted octanol–water partition coefficient (Wildman–Crippen LogP) is 7.06. The molecule has 1 fully saturated rings. The van der Waals surface area contributed by atoms with Crippen LogP contribution < -0.4 is 10.6 Å². The quantitative estimate of drug-likeness (QED) is 0.252. The van der Waals surface area contributed by atoms with Gasteiger partial charge >= 0.3 is 6.18 Å². The van der Waals surface area contributed by atoms with E-state index in [4.69, 9.17) is 0 Å². The van der Waals surface area contributed by atoms with Gasteiger partial charge in [0.2, 0.25) is 5.95 Å². The van der Waals surface area contributed by atoms with Gasteiger partial charge in [-0.2, -0.15) is 13.2 Å². The highest BCUT2D eigenvalue weighted by atomic mass is 19.4. The van der Waals surface area contributed by atoms with E-state index in [0.717, 1.165) is 43.6 Å². The number of carbonyl (C=O) groups excluding carboxylic acids is 1. The lowest BCUT2D eigenvalue weighted by molar-refractivity contribution is -0.137. The van der Waals surface area contributed by atoms with E-state index in [1.807, 2.05) is 19.1 Å². The smallest absolute Gasteiger partial charge is 0.324 e. The minimum atomic E-state index is -4.61. The van der Waals surface area contributed by atoms with Crippen LogP contribution in [0.1, 0.15) is 52.7 Å². The normalized spacial score (nSPS) is 14.6. The zero-order chi connectivity index (χ0) is 29.0. The number of pyridine rings is 1. The van der Waals surface area contributed by atoms with Crippen LogP contribution in [0.5, 0.6) is 0 Å². The molecule has 4 aromatic rings. The van der Waals surface area contributed by atoms with Crippen LogP contribution in [-0.4, -0.2) is 45.4 Å². The van der Waals surface area contributed by atoms with Crippen LogP contribution in [0.2, 0.25) is 0 Å². The summed E-state index contributed by atoms with van der Waals surface area (Å²) in [7, 11) is 0. The van der Waals surface area contributed by atoms with Gasteiger partial charge in [-0.3, -0.25) is 9.78 Å². The summed E-state index contributed by atoms with van der Waals surface area (Å²) in [6, 6.07) is 14.6. The predicted molar refractivity (Wildman–Crippen MR) is 153 cm³/mol. The number of alkyl halides is 3. The summed E-state index contributed by atoms with van der Waals surface area (Å²) >= 11 is 0. The zero-order valence-electron chi connectivity index (χ0n) is 22.9. The third kappa shape index (κ3) is 6.71. The number of likely N-dealkylation sites (tertiary alicyclic amines) is 1. The highest BCUT2D eigenvalue weighted by molar-refractivity contribution is 6.05. The number of piperidine rings is 1. The molecule has 1 amide bonds. The van der Waals surface area contributed by atoms with Crippen molar-refractivity contribution in [2.75, 3.05) is 30.3 Å². The largest absolute Gasteiger partial charge is 0.418 e. The average molecular weight is 561 g/mol. The van der Waals surface area contributed by atoms with Gasteiger partial charge in [-0.15, -0.1) is 0 Å². The van der Waals surface area contributed by atoms with Crippen LogP contribution in [0.3, 0.4) is 0 Å². The van der Waals surface area contributed by atoms with Crippen molar-refractivity contribution >= 4 is 23.2 Å². The molecule has 0 bridgehead atoms. The Labute approximate surface area is 236 Å². The molecular weight excluding hydrogens is 529 g/mol. The van der Waals surface area contributed by atoms with E-state index in [1.165, 1.54) is 12.1 Å². The maximum Gasteiger partial charge on any atom is 0.418 e. The number of halogens is 3. The maximum absolute atomic E-state index is 14.1. The molecule has 212 valence electrons. The van der Waals surface area contributed by atoms with Gasteiger partial charge in [-0.05, 0) is 98.9 Å². The van der Waals surface area contributed by atoms with Gasteiger partial charge in [-0.25, -0.2) is 9.97 Å². The topological polar surface area (TPSA) is 83.0 Å². The van der Waals surface area contributed by atoms with E-state index in [0.29, 0.717) is 22.9 Å². The molecule has 2 aromatic heterocycles. The number of carbonyl (C=O) groups is 1. The van der Waals surface area contributed by atoms with Crippen molar-refractivity contribution in [3.63, 3.8) is 0 Å². The molecule has 2 N–H and O–H groups in total. The number of nitrogens with one attached hydrogen (secondary N) is 2. The Hall–Kier alpha value is -4.31. The molecule has 0 spiro atoms. The lowest BCUT2D eigenvalue weighted by Gasteiger charge is -2.31. The van der Waals surface area contributed by atoms with Crippen LogP contribution in [0, 0.1) is 6.92 Å². The van der Waals surface area contributed by atoms with Gasteiger partial charge in [0.25, 0.3) is 5.91 Å². The molecule has 0 aliphatic carbocycles. The number of anilines is 3. The number of hydrogen-bond donors (Lipinski definition) is 2. The van der Waals surface area contributed by atoms with Gasteiger partial charge < -0.3 is 15.5 Å². The van der Waals surface area contributed by atoms with Crippen molar-refractivity contribution in [2.24, 2.45) is 0 Å². The molecule has 0 atom stereocenters. The maximum atomic E-state index is 14.1. The molecule has 5 rings (SSSR count). The number of nitrogens with zero attached hydrogens (tertiary/aromatic N) is 4. The van der Waals surface area contributed by atoms with Crippen molar-refractivity contribution < 1.29 is 18.0 Å². The summed E-state index contributed by atoms with van der Waals surface area (Å²) in [5, 5.41) is 5.61.